The van der Waals surface area contributed by atoms with Gasteiger partial charge in [0.15, 0.2) is 0 Å². The highest BCUT2D eigenvalue weighted by molar-refractivity contribution is 5.53. The third-order valence-corrected chi connectivity index (χ3v) is 3.87. The number of rotatable bonds is 11. The molecule has 0 bridgehead atoms. The van der Waals surface area contributed by atoms with E-state index in [0.717, 1.165) is 43.5 Å². The third kappa shape index (κ3) is 7.87. The molecule has 0 fully saturated rings. The van der Waals surface area contributed by atoms with E-state index in [-0.39, 0.29) is 0 Å². The summed E-state index contributed by atoms with van der Waals surface area (Å²) in [5, 5.41) is 0. The lowest BCUT2D eigenvalue weighted by atomic mass is 10.0. The van der Waals surface area contributed by atoms with Gasteiger partial charge < -0.3 is 11.5 Å². The number of unbranched alkanes of at least 4 members (excludes halogenated alkanes) is 4. The SMILES string of the molecule is CCCCC/C(N)=C(\CCCCCc1ccccc1)N=CN. The Bertz CT molecular complexity index is 449. The number of aryl methyl sites for hydroxylation is 1. The average Bonchev–Trinajstić information content (AvgIpc) is 2.54. The summed E-state index contributed by atoms with van der Waals surface area (Å²) in [6, 6.07) is 10.6. The van der Waals surface area contributed by atoms with E-state index in [0.29, 0.717) is 0 Å². The Hall–Kier alpha value is -1.77. The molecule has 0 spiro atoms. The molecule has 0 heterocycles. The molecule has 3 heteroatoms. The molecular weight excluding hydrogens is 270 g/mol. The van der Waals surface area contributed by atoms with Crippen LogP contribution in [0.15, 0.2) is 46.7 Å². The van der Waals surface area contributed by atoms with Crippen LogP contribution in [0.5, 0.6) is 0 Å². The topological polar surface area (TPSA) is 64.4 Å². The Morgan fingerprint density at radius 3 is 2.41 bits per heavy atom. The minimum Gasteiger partial charge on any atom is -0.401 e. The van der Waals surface area contributed by atoms with Crippen molar-refractivity contribution in [2.45, 2.75) is 64.7 Å². The molecule has 0 saturated heterocycles. The van der Waals surface area contributed by atoms with E-state index in [4.69, 9.17) is 11.5 Å². The second kappa shape index (κ2) is 11.8. The maximum atomic E-state index is 6.16. The van der Waals surface area contributed by atoms with Gasteiger partial charge in [-0.05, 0) is 44.1 Å². The zero-order valence-corrected chi connectivity index (χ0v) is 13.9. The van der Waals surface area contributed by atoms with Crippen molar-refractivity contribution >= 4 is 6.34 Å². The number of hydrogen-bond donors (Lipinski definition) is 2. The van der Waals surface area contributed by atoms with E-state index < -0.39 is 0 Å². The zero-order valence-electron chi connectivity index (χ0n) is 13.9. The molecule has 0 radical (unpaired) electrons. The predicted octanol–water partition coefficient (Wildman–Crippen LogP) is 4.53. The lowest BCUT2D eigenvalue weighted by Crippen LogP contribution is -2.04. The molecule has 1 aromatic carbocycles. The van der Waals surface area contributed by atoms with Gasteiger partial charge in [0, 0.05) is 5.70 Å². The predicted molar refractivity (Wildman–Crippen MR) is 96.6 cm³/mol. The van der Waals surface area contributed by atoms with Crippen LogP contribution in [-0.2, 0) is 6.42 Å². The molecule has 1 aromatic rings. The minimum absolute atomic E-state index is 0.915. The van der Waals surface area contributed by atoms with E-state index in [2.05, 4.69) is 42.2 Å². The average molecular weight is 301 g/mol. The smallest absolute Gasteiger partial charge is 0.0856 e. The van der Waals surface area contributed by atoms with Gasteiger partial charge in [-0.25, -0.2) is 4.99 Å². The van der Waals surface area contributed by atoms with Gasteiger partial charge in [-0.3, -0.25) is 0 Å². The van der Waals surface area contributed by atoms with E-state index in [9.17, 15) is 0 Å². The molecule has 0 amide bonds. The molecule has 0 saturated carbocycles. The van der Waals surface area contributed by atoms with E-state index in [1.165, 1.54) is 37.6 Å². The fourth-order valence-corrected chi connectivity index (χ4v) is 2.55. The lowest BCUT2D eigenvalue weighted by molar-refractivity contribution is 0.660. The highest BCUT2D eigenvalue weighted by Gasteiger charge is 2.03. The van der Waals surface area contributed by atoms with Crippen molar-refractivity contribution in [1.29, 1.82) is 0 Å². The summed E-state index contributed by atoms with van der Waals surface area (Å²) in [5.41, 5.74) is 14.9. The molecule has 22 heavy (non-hydrogen) atoms. The normalized spacial score (nSPS) is 12.6. The first-order valence-electron chi connectivity index (χ1n) is 8.53. The van der Waals surface area contributed by atoms with Crippen LogP contribution in [0.1, 0.15) is 63.9 Å². The van der Waals surface area contributed by atoms with Crippen molar-refractivity contribution in [3.05, 3.63) is 47.3 Å². The van der Waals surface area contributed by atoms with Gasteiger partial charge in [0.2, 0.25) is 0 Å². The van der Waals surface area contributed by atoms with Crippen LogP contribution < -0.4 is 11.5 Å². The summed E-state index contributed by atoms with van der Waals surface area (Å²) in [6.07, 6.45) is 11.5. The summed E-state index contributed by atoms with van der Waals surface area (Å²) in [4.78, 5) is 4.27. The molecule has 4 N–H and O–H groups in total. The lowest BCUT2D eigenvalue weighted by Gasteiger charge is -2.08. The van der Waals surface area contributed by atoms with Gasteiger partial charge in [0.25, 0.3) is 0 Å². The Kier molecular flexibility index (Phi) is 9.84. The maximum Gasteiger partial charge on any atom is 0.0856 e. The Morgan fingerprint density at radius 2 is 1.73 bits per heavy atom. The fourth-order valence-electron chi connectivity index (χ4n) is 2.55. The van der Waals surface area contributed by atoms with Crippen LogP contribution in [0.2, 0.25) is 0 Å². The molecule has 122 valence electrons. The molecule has 0 aliphatic heterocycles. The zero-order chi connectivity index (χ0) is 16.0. The molecule has 0 aliphatic carbocycles. The summed E-state index contributed by atoms with van der Waals surface area (Å²) >= 11 is 0. The Labute approximate surface area is 135 Å². The Morgan fingerprint density at radius 1 is 1.00 bits per heavy atom. The molecule has 0 aliphatic rings. The van der Waals surface area contributed by atoms with E-state index in [1.54, 1.807) is 0 Å². The van der Waals surface area contributed by atoms with Gasteiger partial charge in [-0.2, -0.15) is 0 Å². The molecule has 3 nitrogen and oxygen atoms in total. The van der Waals surface area contributed by atoms with Crippen LogP contribution in [0.4, 0.5) is 0 Å². The molecule has 0 atom stereocenters. The number of benzene rings is 1. The second-order valence-corrected chi connectivity index (χ2v) is 5.75. The molecule has 0 unspecified atom stereocenters. The minimum atomic E-state index is 0.915. The standard InChI is InChI=1S/C19H31N3/c1-2-3-6-14-18(21)19(22-16-20)15-10-5-9-13-17-11-7-4-8-12-17/h4,7-8,11-12,16H,2-3,5-6,9-10,13-15,21H2,1H3,(H2,20,22)/b19-18-. The van der Waals surface area contributed by atoms with Crippen molar-refractivity contribution in [3.8, 4) is 0 Å². The van der Waals surface area contributed by atoms with E-state index >= 15 is 0 Å². The third-order valence-electron chi connectivity index (χ3n) is 3.87. The van der Waals surface area contributed by atoms with Crippen molar-refractivity contribution in [2.24, 2.45) is 16.5 Å². The number of nitrogens with zero attached hydrogens (tertiary/aromatic N) is 1. The molecule has 1 rings (SSSR count). The van der Waals surface area contributed by atoms with Gasteiger partial charge >= 0.3 is 0 Å². The van der Waals surface area contributed by atoms with Crippen LogP contribution in [-0.4, -0.2) is 6.34 Å². The highest BCUT2D eigenvalue weighted by Crippen LogP contribution is 2.17. The molecule has 0 aromatic heterocycles. The van der Waals surface area contributed by atoms with Gasteiger partial charge in [-0.15, -0.1) is 0 Å². The Balaban J connectivity index is 2.30. The van der Waals surface area contributed by atoms with E-state index in [1.807, 2.05) is 0 Å². The van der Waals surface area contributed by atoms with Crippen LogP contribution in [0.25, 0.3) is 0 Å². The van der Waals surface area contributed by atoms with Gasteiger partial charge in [0.1, 0.15) is 0 Å². The van der Waals surface area contributed by atoms with Crippen LogP contribution in [0, 0.1) is 0 Å². The summed E-state index contributed by atoms with van der Waals surface area (Å²) in [6.45, 7) is 2.20. The van der Waals surface area contributed by atoms with Crippen LogP contribution >= 0.6 is 0 Å². The van der Waals surface area contributed by atoms with Gasteiger partial charge in [0.05, 0.1) is 12.0 Å². The van der Waals surface area contributed by atoms with Crippen molar-refractivity contribution in [2.75, 3.05) is 0 Å². The monoisotopic (exact) mass is 301 g/mol. The number of allylic oxidation sites excluding steroid dienone is 2. The highest BCUT2D eigenvalue weighted by atomic mass is 14.8. The van der Waals surface area contributed by atoms with Crippen LogP contribution in [0.3, 0.4) is 0 Å². The summed E-state index contributed by atoms with van der Waals surface area (Å²) in [5.74, 6) is 0. The van der Waals surface area contributed by atoms with Gasteiger partial charge in [-0.1, -0.05) is 56.5 Å². The van der Waals surface area contributed by atoms with Crippen molar-refractivity contribution in [3.63, 3.8) is 0 Å². The van der Waals surface area contributed by atoms with Crippen molar-refractivity contribution in [1.82, 2.24) is 0 Å². The molecular formula is C19H31N3. The first-order valence-corrected chi connectivity index (χ1v) is 8.53. The summed E-state index contributed by atoms with van der Waals surface area (Å²) in [7, 11) is 0. The number of hydrogen-bond acceptors (Lipinski definition) is 2. The fraction of sp³-hybridized carbons (Fsp3) is 0.526. The largest absolute Gasteiger partial charge is 0.401 e. The maximum absolute atomic E-state index is 6.16. The van der Waals surface area contributed by atoms with Crippen molar-refractivity contribution < 1.29 is 0 Å². The summed E-state index contributed by atoms with van der Waals surface area (Å²) < 4.78 is 0. The quantitative estimate of drug-likeness (QED) is 0.358. The number of aliphatic imine (C=N–C) groups is 1. The second-order valence-electron chi connectivity index (χ2n) is 5.75. The first kappa shape index (κ1) is 18.3. The first-order chi connectivity index (χ1) is 10.8. The number of nitrogens with two attached hydrogens (primary N) is 2.